The third-order valence-electron chi connectivity index (χ3n) is 3.99. The molecule has 0 aliphatic carbocycles. The van der Waals surface area contributed by atoms with Gasteiger partial charge in [0.15, 0.2) is 0 Å². The first-order valence-electron chi connectivity index (χ1n) is 7.14. The fourth-order valence-electron chi connectivity index (χ4n) is 2.80. The van der Waals surface area contributed by atoms with Gasteiger partial charge in [-0.2, -0.15) is 5.10 Å². The minimum absolute atomic E-state index is 0. The molecule has 6 nitrogen and oxygen atoms in total. The summed E-state index contributed by atoms with van der Waals surface area (Å²) in [6, 6.07) is 5.67. The van der Waals surface area contributed by atoms with E-state index < -0.39 is 0 Å². The van der Waals surface area contributed by atoms with Crippen LogP contribution in [-0.2, 0) is 0 Å². The van der Waals surface area contributed by atoms with E-state index in [0.29, 0.717) is 17.8 Å². The lowest BCUT2D eigenvalue weighted by molar-refractivity contribution is 0.0672. The van der Waals surface area contributed by atoms with E-state index in [9.17, 15) is 4.79 Å². The molecule has 0 saturated carbocycles. The smallest absolute Gasteiger partial charge is 0.254 e. The maximum Gasteiger partial charge on any atom is 0.254 e. The van der Waals surface area contributed by atoms with Gasteiger partial charge in [0.05, 0.1) is 6.04 Å². The molecule has 1 aliphatic heterocycles. The average Bonchev–Trinajstić information content (AvgIpc) is 3.03. The van der Waals surface area contributed by atoms with Crippen molar-refractivity contribution in [3.63, 3.8) is 0 Å². The Kier molecular flexibility index (Phi) is 5.03. The van der Waals surface area contributed by atoms with Crippen LogP contribution in [0.3, 0.4) is 0 Å². The summed E-state index contributed by atoms with van der Waals surface area (Å²) in [7, 11) is 0. The normalized spacial score (nSPS) is 17.9. The number of carbonyl (C=O) groups excluding carboxylic acids is 1. The molecule has 0 spiro atoms. The van der Waals surface area contributed by atoms with E-state index in [2.05, 4.69) is 10.1 Å². The molecule has 2 heterocycles. The molecule has 0 radical (unpaired) electrons. The molecule has 118 valence electrons. The number of rotatable bonds is 2. The van der Waals surface area contributed by atoms with Crippen LogP contribution in [0.25, 0.3) is 0 Å². The minimum Gasteiger partial charge on any atom is -0.399 e. The van der Waals surface area contributed by atoms with Crippen molar-refractivity contribution in [1.82, 2.24) is 19.7 Å². The van der Waals surface area contributed by atoms with Crippen LogP contribution in [0.1, 0.15) is 34.8 Å². The molecule has 1 aliphatic rings. The van der Waals surface area contributed by atoms with Crippen LogP contribution < -0.4 is 5.73 Å². The maximum absolute atomic E-state index is 12.7. The van der Waals surface area contributed by atoms with Crippen molar-refractivity contribution in [2.75, 3.05) is 18.8 Å². The highest BCUT2D eigenvalue weighted by Gasteiger charge is 2.26. The second-order valence-electron chi connectivity index (χ2n) is 5.50. The number of halogens is 1. The molecule has 1 fully saturated rings. The predicted molar refractivity (Wildman–Crippen MR) is 87.0 cm³/mol. The van der Waals surface area contributed by atoms with Crippen LogP contribution in [0.15, 0.2) is 30.9 Å². The van der Waals surface area contributed by atoms with E-state index in [0.717, 1.165) is 24.9 Å². The quantitative estimate of drug-likeness (QED) is 0.859. The van der Waals surface area contributed by atoms with Crippen molar-refractivity contribution in [2.45, 2.75) is 25.8 Å². The maximum atomic E-state index is 12.7. The molecule has 22 heavy (non-hydrogen) atoms. The van der Waals surface area contributed by atoms with E-state index in [4.69, 9.17) is 5.73 Å². The highest BCUT2D eigenvalue weighted by atomic mass is 35.5. The topological polar surface area (TPSA) is 77.0 Å². The molecule has 1 aromatic heterocycles. The Labute approximate surface area is 135 Å². The van der Waals surface area contributed by atoms with Crippen LogP contribution in [0.4, 0.5) is 5.69 Å². The molecule has 1 amide bonds. The van der Waals surface area contributed by atoms with Crippen molar-refractivity contribution in [1.29, 1.82) is 0 Å². The zero-order valence-corrected chi connectivity index (χ0v) is 13.3. The first-order valence-corrected chi connectivity index (χ1v) is 7.14. The van der Waals surface area contributed by atoms with Crippen LogP contribution in [0.2, 0.25) is 0 Å². The van der Waals surface area contributed by atoms with E-state index in [1.807, 2.05) is 28.6 Å². The van der Waals surface area contributed by atoms with E-state index in [-0.39, 0.29) is 24.4 Å². The molecule has 2 N–H and O–H groups in total. The van der Waals surface area contributed by atoms with Gasteiger partial charge < -0.3 is 10.6 Å². The lowest BCUT2D eigenvalue weighted by atomic mass is 10.0. The molecule has 7 heteroatoms. The number of hydrogen-bond donors (Lipinski definition) is 1. The number of nitrogen functional groups attached to an aromatic ring is 1. The number of benzene rings is 1. The highest BCUT2D eigenvalue weighted by Crippen LogP contribution is 2.23. The van der Waals surface area contributed by atoms with Gasteiger partial charge in [0.2, 0.25) is 0 Å². The van der Waals surface area contributed by atoms with Crippen LogP contribution in [0, 0.1) is 6.92 Å². The largest absolute Gasteiger partial charge is 0.399 e. The van der Waals surface area contributed by atoms with Crippen LogP contribution >= 0.6 is 12.4 Å². The van der Waals surface area contributed by atoms with Crippen molar-refractivity contribution in [3.8, 4) is 0 Å². The van der Waals surface area contributed by atoms with Gasteiger partial charge in [0, 0.05) is 24.3 Å². The van der Waals surface area contributed by atoms with Gasteiger partial charge in [-0.05, 0) is 37.5 Å². The summed E-state index contributed by atoms with van der Waals surface area (Å²) in [5, 5.41) is 4.19. The fourth-order valence-corrected chi connectivity index (χ4v) is 2.80. The number of anilines is 1. The van der Waals surface area contributed by atoms with Gasteiger partial charge >= 0.3 is 0 Å². The SMILES string of the molecule is Cc1ccc(N)cc1C(=O)N1CCCC(n2cncn2)C1.Cl. The molecule has 2 aromatic rings. The van der Waals surface area contributed by atoms with Gasteiger partial charge in [-0.3, -0.25) is 4.79 Å². The van der Waals surface area contributed by atoms with Crippen molar-refractivity contribution >= 4 is 24.0 Å². The number of aromatic nitrogens is 3. The van der Waals surface area contributed by atoms with Gasteiger partial charge in [-0.1, -0.05) is 6.07 Å². The molecule has 0 bridgehead atoms. The lowest BCUT2D eigenvalue weighted by Crippen LogP contribution is -2.41. The fraction of sp³-hybridized carbons (Fsp3) is 0.400. The van der Waals surface area contributed by atoms with Gasteiger partial charge in [-0.25, -0.2) is 9.67 Å². The monoisotopic (exact) mass is 321 g/mol. The third kappa shape index (κ3) is 3.22. The van der Waals surface area contributed by atoms with E-state index in [1.54, 1.807) is 12.4 Å². The van der Waals surface area contributed by atoms with Crippen molar-refractivity contribution in [2.24, 2.45) is 0 Å². The number of nitrogens with two attached hydrogens (primary N) is 1. The number of amides is 1. The molecule has 1 saturated heterocycles. The average molecular weight is 322 g/mol. The zero-order valence-electron chi connectivity index (χ0n) is 12.5. The predicted octanol–water partition coefficient (Wildman–Crippen LogP) is 2.07. The number of hydrogen-bond acceptors (Lipinski definition) is 4. The van der Waals surface area contributed by atoms with Gasteiger partial charge in [0.1, 0.15) is 12.7 Å². The third-order valence-corrected chi connectivity index (χ3v) is 3.99. The summed E-state index contributed by atoms with van der Waals surface area (Å²) in [6.45, 7) is 3.38. The first-order chi connectivity index (χ1) is 10.1. The van der Waals surface area contributed by atoms with E-state index in [1.165, 1.54) is 6.33 Å². The number of carbonyl (C=O) groups is 1. The Bertz CT molecular complexity index is 643. The van der Waals surface area contributed by atoms with Gasteiger partial charge in [0.25, 0.3) is 5.91 Å². The Morgan fingerprint density at radius 2 is 2.23 bits per heavy atom. The number of aryl methyl sites for hydroxylation is 1. The number of piperidine rings is 1. The summed E-state index contributed by atoms with van der Waals surface area (Å²) in [6.07, 6.45) is 5.23. The first kappa shape index (κ1) is 16.3. The summed E-state index contributed by atoms with van der Waals surface area (Å²) in [5.41, 5.74) is 8.07. The number of nitrogens with zero attached hydrogens (tertiary/aromatic N) is 4. The summed E-state index contributed by atoms with van der Waals surface area (Å²) in [4.78, 5) is 18.6. The van der Waals surface area contributed by atoms with Gasteiger partial charge in [-0.15, -0.1) is 12.4 Å². The van der Waals surface area contributed by atoms with Crippen LogP contribution in [0.5, 0.6) is 0 Å². The Hall–Kier alpha value is -2.08. The molecule has 1 atom stereocenters. The van der Waals surface area contributed by atoms with Crippen molar-refractivity contribution < 1.29 is 4.79 Å². The molecular formula is C15H20ClN5O. The summed E-state index contributed by atoms with van der Waals surface area (Å²) < 4.78 is 1.84. The number of likely N-dealkylation sites (tertiary alicyclic amines) is 1. The Morgan fingerprint density at radius 1 is 1.41 bits per heavy atom. The second kappa shape index (κ2) is 6.79. The zero-order chi connectivity index (χ0) is 14.8. The lowest BCUT2D eigenvalue weighted by Gasteiger charge is -2.33. The minimum atomic E-state index is 0. The Morgan fingerprint density at radius 3 is 2.95 bits per heavy atom. The van der Waals surface area contributed by atoms with E-state index >= 15 is 0 Å². The second-order valence-corrected chi connectivity index (χ2v) is 5.50. The van der Waals surface area contributed by atoms with Crippen LogP contribution in [-0.4, -0.2) is 38.7 Å². The summed E-state index contributed by atoms with van der Waals surface area (Å²) in [5.74, 6) is 0.0459. The molecule has 1 unspecified atom stereocenters. The standard InChI is InChI=1S/C15H19N5O.ClH/c1-11-4-5-12(16)7-14(11)15(21)19-6-2-3-13(8-19)20-10-17-9-18-20;/h4-5,7,9-10,13H,2-3,6,8,16H2,1H3;1H. The summed E-state index contributed by atoms with van der Waals surface area (Å²) >= 11 is 0. The Balaban J connectivity index is 0.00000176. The van der Waals surface area contributed by atoms with Crippen molar-refractivity contribution in [3.05, 3.63) is 42.0 Å². The molecular weight excluding hydrogens is 302 g/mol. The molecule has 1 aromatic carbocycles. The molecule has 3 rings (SSSR count). The highest BCUT2D eigenvalue weighted by molar-refractivity contribution is 5.96.